The quantitative estimate of drug-likeness (QED) is 0.738. The minimum Gasteiger partial charge on any atom is -0.388 e. The van der Waals surface area contributed by atoms with Crippen LogP contribution in [0.1, 0.15) is 18.1 Å². The molecule has 1 aromatic heterocycles. The fourth-order valence-electron chi connectivity index (χ4n) is 2.58. The van der Waals surface area contributed by atoms with E-state index in [0.29, 0.717) is 23.0 Å². The fourth-order valence-corrected chi connectivity index (χ4v) is 4.41. The molecule has 1 aromatic carbocycles. The molecule has 102 valence electrons. The van der Waals surface area contributed by atoms with Gasteiger partial charge in [0.05, 0.1) is 28.6 Å². The molecular formula is C12H14N2O4S. The van der Waals surface area contributed by atoms with Gasteiger partial charge in [0.15, 0.2) is 9.84 Å². The Bertz CT molecular complexity index is 774. The van der Waals surface area contributed by atoms with Crippen LogP contribution in [0.4, 0.5) is 0 Å². The Morgan fingerprint density at radius 1 is 1.26 bits per heavy atom. The summed E-state index contributed by atoms with van der Waals surface area (Å²) in [6.07, 6.45) is -0.342. The lowest BCUT2D eigenvalue weighted by molar-refractivity contribution is 0.121. The Labute approximate surface area is 109 Å². The molecule has 3 rings (SSSR count). The highest BCUT2D eigenvalue weighted by Crippen LogP contribution is 2.31. The average Bonchev–Trinajstić information content (AvgIpc) is 2.88. The number of aromatic nitrogens is 2. The molecule has 2 unspecified atom stereocenters. The minimum absolute atomic E-state index is 0.0237. The number of H-pyrrole nitrogens is 2. The molecule has 0 bridgehead atoms. The van der Waals surface area contributed by atoms with E-state index in [4.69, 9.17) is 0 Å². The average molecular weight is 282 g/mol. The van der Waals surface area contributed by atoms with Crippen LogP contribution in [0.2, 0.25) is 0 Å². The van der Waals surface area contributed by atoms with Gasteiger partial charge in [-0.3, -0.25) is 0 Å². The van der Waals surface area contributed by atoms with Crippen molar-refractivity contribution in [1.82, 2.24) is 9.97 Å². The van der Waals surface area contributed by atoms with Crippen molar-refractivity contribution in [3.05, 3.63) is 34.2 Å². The van der Waals surface area contributed by atoms with Gasteiger partial charge in [0.2, 0.25) is 0 Å². The molecule has 0 saturated carbocycles. The molecule has 1 aliphatic heterocycles. The first-order chi connectivity index (χ1) is 8.94. The second kappa shape index (κ2) is 4.21. The molecule has 3 N–H and O–H groups in total. The molecule has 1 saturated heterocycles. The highest BCUT2D eigenvalue weighted by atomic mass is 32.2. The molecule has 2 atom stereocenters. The maximum Gasteiger partial charge on any atom is 0.323 e. The number of fused-ring (bicyclic) bond motifs is 1. The zero-order valence-electron chi connectivity index (χ0n) is 10.1. The van der Waals surface area contributed by atoms with E-state index in [1.54, 1.807) is 18.2 Å². The maximum atomic E-state index is 11.4. The molecule has 2 aromatic rings. The number of aliphatic hydroxyl groups excluding tert-OH is 1. The van der Waals surface area contributed by atoms with Crippen molar-refractivity contribution in [3.8, 4) is 0 Å². The summed E-state index contributed by atoms with van der Waals surface area (Å²) in [5, 5.41) is 10.3. The summed E-state index contributed by atoms with van der Waals surface area (Å²) in [5.74, 6) is -0.110. The van der Waals surface area contributed by atoms with E-state index in [9.17, 15) is 18.3 Å². The van der Waals surface area contributed by atoms with Crippen molar-refractivity contribution in [3.63, 3.8) is 0 Å². The first-order valence-corrected chi connectivity index (χ1v) is 7.87. The van der Waals surface area contributed by atoms with Crippen molar-refractivity contribution >= 4 is 20.9 Å². The van der Waals surface area contributed by atoms with Crippen LogP contribution in [0.5, 0.6) is 0 Å². The third-order valence-electron chi connectivity index (χ3n) is 3.60. The van der Waals surface area contributed by atoms with Gasteiger partial charge in [0, 0.05) is 5.92 Å². The monoisotopic (exact) mass is 282 g/mol. The number of rotatable bonds is 2. The summed E-state index contributed by atoms with van der Waals surface area (Å²) in [6, 6.07) is 5.10. The van der Waals surface area contributed by atoms with Crippen molar-refractivity contribution < 1.29 is 13.5 Å². The second-order valence-corrected chi connectivity index (χ2v) is 7.22. The molecule has 7 heteroatoms. The van der Waals surface area contributed by atoms with Crippen LogP contribution < -0.4 is 5.69 Å². The maximum absolute atomic E-state index is 11.4. The summed E-state index contributed by atoms with van der Waals surface area (Å²) in [5.41, 5.74) is 1.61. The lowest BCUT2D eigenvalue weighted by Gasteiger charge is -2.16. The Hall–Kier alpha value is -1.60. The summed E-state index contributed by atoms with van der Waals surface area (Å²) < 4.78 is 22.9. The van der Waals surface area contributed by atoms with Gasteiger partial charge >= 0.3 is 5.69 Å². The fraction of sp³-hybridized carbons (Fsp3) is 0.417. The number of hydrogen-bond donors (Lipinski definition) is 3. The van der Waals surface area contributed by atoms with Gasteiger partial charge in [-0.15, -0.1) is 0 Å². The minimum atomic E-state index is -3.01. The van der Waals surface area contributed by atoms with E-state index in [1.807, 2.05) is 0 Å². The number of nitrogens with one attached hydrogen (secondary N) is 2. The Morgan fingerprint density at radius 3 is 2.68 bits per heavy atom. The zero-order valence-corrected chi connectivity index (χ0v) is 10.9. The van der Waals surface area contributed by atoms with Crippen molar-refractivity contribution in [2.75, 3.05) is 11.5 Å². The van der Waals surface area contributed by atoms with Gasteiger partial charge in [-0.25, -0.2) is 13.2 Å². The van der Waals surface area contributed by atoms with Crippen LogP contribution in [0.25, 0.3) is 11.0 Å². The van der Waals surface area contributed by atoms with Gasteiger partial charge in [-0.2, -0.15) is 0 Å². The van der Waals surface area contributed by atoms with Gasteiger partial charge in [0.1, 0.15) is 0 Å². The third kappa shape index (κ3) is 2.31. The molecule has 0 radical (unpaired) electrons. The Balaban J connectivity index is 1.93. The number of imidazole rings is 1. The zero-order chi connectivity index (χ0) is 13.6. The molecule has 0 spiro atoms. The predicted molar refractivity (Wildman–Crippen MR) is 70.6 cm³/mol. The van der Waals surface area contributed by atoms with E-state index in [0.717, 1.165) is 0 Å². The summed E-state index contributed by atoms with van der Waals surface area (Å²) in [6.45, 7) is 0. The molecule has 1 fully saturated rings. The smallest absolute Gasteiger partial charge is 0.323 e. The number of sulfone groups is 1. The number of aliphatic hydroxyl groups is 1. The van der Waals surface area contributed by atoms with Crippen LogP contribution in [0.3, 0.4) is 0 Å². The number of benzene rings is 1. The van der Waals surface area contributed by atoms with E-state index in [1.165, 1.54) is 0 Å². The van der Waals surface area contributed by atoms with E-state index >= 15 is 0 Å². The van der Waals surface area contributed by atoms with Crippen LogP contribution in [0, 0.1) is 5.92 Å². The highest BCUT2D eigenvalue weighted by molar-refractivity contribution is 7.91. The number of hydrogen-bond acceptors (Lipinski definition) is 4. The summed E-state index contributed by atoms with van der Waals surface area (Å²) in [4.78, 5) is 16.4. The lowest BCUT2D eigenvalue weighted by Crippen LogP contribution is -2.14. The first kappa shape index (κ1) is 12.4. The standard InChI is InChI=1S/C12H14N2O4S/c15-11(8-3-4-19(17,18)6-8)7-1-2-9-10(5-7)14-12(16)13-9/h1-2,5,8,11,15H,3-4,6H2,(H2,13,14,16). The molecule has 2 heterocycles. The van der Waals surface area contributed by atoms with Crippen molar-refractivity contribution in [2.24, 2.45) is 5.92 Å². The van der Waals surface area contributed by atoms with Crippen LogP contribution in [0.15, 0.2) is 23.0 Å². The van der Waals surface area contributed by atoms with Gasteiger partial charge in [-0.05, 0) is 24.1 Å². The SMILES string of the molecule is O=c1[nH]c2ccc(C(O)C3CCS(=O)(=O)C3)cc2[nH]1. The van der Waals surface area contributed by atoms with Gasteiger partial charge < -0.3 is 15.1 Å². The van der Waals surface area contributed by atoms with Crippen molar-refractivity contribution in [2.45, 2.75) is 12.5 Å². The van der Waals surface area contributed by atoms with Crippen LogP contribution >= 0.6 is 0 Å². The Morgan fingerprint density at radius 2 is 2.00 bits per heavy atom. The molecule has 0 aliphatic carbocycles. The van der Waals surface area contributed by atoms with Gasteiger partial charge in [0.25, 0.3) is 0 Å². The third-order valence-corrected chi connectivity index (χ3v) is 5.39. The Kier molecular flexibility index (Phi) is 2.75. The largest absolute Gasteiger partial charge is 0.388 e. The predicted octanol–water partition coefficient (Wildman–Crippen LogP) is 0.324. The highest BCUT2D eigenvalue weighted by Gasteiger charge is 2.33. The van der Waals surface area contributed by atoms with Crippen LogP contribution in [-0.2, 0) is 9.84 Å². The topological polar surface area (TPSA) is 103 Å². The van der Waals surface area contributed by atoms with Crippen molar-refractivity contribution in [1.29, 1.82) is 0 Å². The first-order valence-electron chi connectivity index (χ1n) is 6.05. The molecule has 1 aliphatic rings. The normalized spacial score (nSPS) is 23.7. The lowest BCUT2D eigenvalue weighted by atomic mass is 9.95. The second-order valence-electron chi connectivity index (χ2n) is 4.99. The molecule has 6 nitrogen and oxygen atoms in total. The molecule has 0 amide bonds. The molecule has 19 heavy (non-hydrogen) atoms. The van der Waals surface area contributed by atoms with Gasteiger partial charge in [-0.1, -0.05) is 6.07 Å². The van der Waals surface area contributed by atoms with E-state index < -0.39 is 15.9 Å². The van der Waals surface area contributed by atoms with E-state index in [-0.39, 0.29) is 23.1 Å². The molecular weight excluding hydrogens is 268 g/mol. The number of aromatic amines is 2. The van der Waals surface area contributed by atoms with Crippen LogP contribution in [-0.4, -0.2) is 35.0 Å². The summed E-state index contributed by atoms with van der Waals surface area (Å²) >= 11 is 0. The van der Waals surface area contributed by atoms with E-state index in [2.05, 4.69) is 9.97 Å². The summed E-state index contributed by atoms with van der Waals surface area (Å²) in [7, 11) is -3.01.